The highest BCUT2D eigenvalue weighted by Gasteiger charge is 2.43. The fourth-order valence-electron chi connectivity index (χ4n) is 3.91. The smallest absolute Gasteiger partial charge is 0.179 e. The SMILES string of the molecule is N#CN1CC[C@@H](C2NNC(c3cccc(-c4ccccc4)c3)C2F)C1. The van der Waals surface area contributed by atoms with Gasteiger partial charge in [0.25, 0.3) is 0 Å². The Balaban J connectivity index is 1.52. The van der Waals surface area contributed by atoms with Crippen molar-refractivity contribution in [3.63, 3.8) is 0 Å². The van der Waals surface area contributed by atoms with Crippen molar-refractivity contribution < 1.29 is 4.39 Å². The number of nitriles is 1. The molecule has 2 saturated heterocycles. The molecule has 2 aromatic carbocycles. The number of hydrogen-bond acceptors (Lipinski definition) is 4. The lowest BCUT2D eigenvalue weighted by molar-refractivity contribution is 0.228. The number of hydrogen-bond donors (Lipinski definition) is 2. The lowest BCUT2D eigenvalue weighted by Crippen LogP contribution is -2.39. The van der Waals surface area contributed by atoms with Gasteiger partial charge in [0, 0.05) is 13.1 Å². The van der Waals surface area contributed by atoms with E-state index in [1.165, 1.54) is 0 Å². The van der Waals surface area contributed by atoms with Crippen LogP contribution in [-0.2, 0) is 0 Å². The first kappa shape index (κ1) is 16.1. The highest BCUT2D eigenvalue weighted by molar-refractivity contribution is 5.64. The van der Waals surface area contributed by atoms with Gasteiger partial charge in [-0.05, 0) is 35.1 Å². The molecule has 0 bridgehead atoms. The molecule has 0 amide bonds. The maximum Gasteiger partial charge on any atom is 0.179 e. The summed E-state index contributed by atoms with van der Waals surface area (Å²) in [5, 5.41) is 9.01. The average molecular weight is 336 g/mol. The Morgan fingerprint density at radius 1 is 1.04 bits per heavy atom. The maximum absolute atomic E-state index is 15.1. The Bertz CT molecular complexity index is 773. The summed E-state index contributed by atoms with van der Waals surface area (Å²) < 4.78 is 15.1. The zero-order valence-electron chi connectivity index (χ0n) is 13.9. The third-order valence-electron chi connectivity index (χ3n) is 5.29. The third-order valence-corrected chi connectivity index (χ3v) is 5.29. The summed E-state index contributed by atoms with van der Waals surface area (Å²) in [5.74, 6) is 0.157. The summed E-state index contributed by atoms with van der Waals surface area (Å²) >= 11 is 0. The molecule has 2 heterocycles. The molecule has 0 aliphatic carbocycles. The van der Waals surface area contributed by atoms with Crippen molar-refractivity contribution in [3.8, 4) is 17.3 Å². The molecule has 128 valence electrons. The Morgan fingerprint density at radius 3 is 2.60 bits per heavy atom. The Morgan fingerprint density at radius 2 is 1.84 bits per heavy atom. The number of nitrogens with zero attached hydrogens (tertiary/aromatic N) is 2. The van der Waals surface area contributed by atoms with Crippen LogP contribution in [0.1, 0.15) is 18.0 Å². The molecule has 2 fully saturated rings. The van der Waals surface area contributed by atoms with E-state index >= 15 is 4.39 Å². The topological polar surface area (TPSA) is 51.1 Å². The molecule has 4 nitrogen and oxygen atoms in total. The zero-order valence-corrected chi connectivity index (χ0v) is 13.9. The summed E-state index contributed by atoms with van der Waals surface area (Å²) in [7, 11) is 0. The van der Waals surface area contributed by atoms with E-state index in [1.54, 1.807) is 4.90 Å². The standard InChI is InChI=1S/C20H21FN4/c21-18-19(23-24-20(18)17-9-10-25(12-17)13-22)16-8-4-7-15(11-16)14-5-2-1-3-6-14/h1-8,11,17-20,23-24H,9-10,12H2/t17-,18?,19?,20?/m1/s1. The molecule has 2 aliphatic rings. The number of halogens is 1. The summed E-state index contributed by atoms with van der Waals surface area (Å²) in [4.78, 5) is 1.71. The van der Waals surface area contributed by atoms with Crippen molar-refractivity contribution in [1.29, 1.82) is 5.26 Å². The highest BCUT2D eigenvalue weighted by Crippen LogP contribution is 2.33. The van der Waals surface area contributed by atoms with Gasteiger partial charge in [0.05, 0.1) is 12.1 Å². The molecule has 4 atom stereocenters. The predicted octanol–water partition coefficient (Wildman–Crippen LogP) is 3.01. The van der Waals surface area contributed by atoms with Crippen LogP contribution in [0.4, 0.5) is 4.39 Å². The molecule has 0 saturated carbocycles. The average Bonchev–Trinajstić information content (AvgIpc) is 3.29. The van der Waals surface area contributed by atoms with Crippen molar-refractivity contribution >= 4 is 0 Å². The minimum Gasteiger partial charge on any atom is -0.310 e. The van der Waals surface area contributed by atoms with Gasteiger partial charge in [0.1, 0.15) is 6.17 Å². The second-order valence-corrected chi connectivity index (χ2v) is 6.82. The zero-order chi connectivity index (χ0) is 17.2. The van der Waals surface area contributed by atoms with E-state index in [0.717, 1.165) is 29.7 Å². The van der Waals surface area contributed by atoms with Gasteiger partial charge in [0.2, 0.25) is 0 Å². The van der Waals surface area contributed by atoms with Crippen molar-refractivity contribution in [2.75, 3.05) is 13.1 Å². The van der Waals surface area contributed by atoms with Crippen LogP contribution in [0.3, 0.4) is 0 Å². The predicted molar refractivity (Wildman–Crippen MR) is 94.9 cm³/mol. The van der Waals surface area contributed by atoms with Gasteiger partial charge in [-0.15, -0.1) is 0 Å². The van der Waals surface area contributed by atoms with E-state index in [9.17, 15) is 0 Å². The fourth-order valence-corrected chi connectivity index (χ4v) is 3.91. The van der Waals surface area contributed by atoms with Gasteiger partial charge in [-0.2, -0.15) is 5.26 Å². The largest absolute Gasteiger partial charge is 0.310 e. The molecular weight excluding hydrogens is 315 g/mol. The molecule has 25 heavy (non-hydrogen) atoms. The lowest BCUT2D eigenvalue weighted by atomic mass is 9.90. The number of rotatable bonds is 3. The van der Waals surface area contributed by atoms with Gasteiger partial charge in [-0.3, -0.25) is 5.43 Å². The van der Waals surface area contributed by atoms with Crippen LogP contribution in [-0.4, -0.2) is 30.2 Å². The van der Waals surface area contributed by atoms with E-state index in [0.29, 0.717) is 6.54 Å². The molecule has 2 N–H and O–H groups in total. The highest BCUT2D eigenvalue weighted by atomic mass is 19.1. The number of hydrazine groups is 1. The summed E-state index contributed by atoms with van der Waals surface area (Å²) in [5.41, 5.74) is 9.44. The molecular formula is C20H21FN4. The van der Waals surface area contributed by atoms with Crippen molar-refractivity contribution in [1.82, 2.24) is 15.8 Å². The molecule has 2 aromatic rings. The van der Waals surface area contributed by atoms with Crippen molar-refractivity contribution in [2.45, 2.75) is 24.7 Å². The van der Waals surface area contributed by atoms with Crippen LogP contribution in [0.5, 0.6) is 0 Å². The first-order chi connectivity index (χ1) is 12.3. The van der Waals surface area contributed by atoms with Crippen LogP contribution in [0.2, 0.25) is 0 Å². The number of likely N-dealkylation sites (tertiary alicyclic amines) is 1. The Kier molecular flexibility index (Phi) is 4.39. The van der Waals surface area contributed by atoms with Crippen LogP contribution in [0, 0.1) is 17.4 Å². The molecule has 3 unspecified atom stereocenters. The minimum atomic E-state index is -1.02. The molecule has 0 aromatic heterocycles. The minimum absolute atomic E-state index is 0.157. The maximum atomic E-state index is 15.1. The van der Waals surface area contributed by atoms with E-state index in [-0.39, 0.29) is 18.0 Å². The fraction of sp³-hybridized carbons (Fsp3) is 0.350. The second kappa shape index (κ2) is 6.83. The first-order valence-electron chi connectivity index (χ1n) is 8.71. The number of alkyl halides is 1. The summed E-state index contributed by atoms with van der Waals surface area (Å²) in [6.45, 7) is 1.35. The normalized spacial score (nSPS) is 28.9. The summed E-state index contributed by atoms with van der Waals surface area (Å²) in [6, 6.07) is 17.5. The monoisotopic (exact) mass is 336 g/mol. The lowest BCUT2D eigenvalue weighted by Gasteiger charge is -2.21. The van der Waals surface area contributed by atoms with Crippen LogP contribution in [0.15, 0.2) is 54.6 Å². The van der Waals surface area contributed by atoms with Crippen LogP contribution < -0.4 is 10.9 Å². The van der Waals surface area contributed by atoms with Crippen LogP contribution >= 0.6 is 0 Å². The van der Waals surface area contributed by atoms with Crippen molar-refractivity contribution in [3.05, 3.63) is 60.2 Å². The van der Waals surface area contributed by atoms with Gasteiger partial charge < -0.3 is 4.90 Å². The quantitative estimate of drug-likeness (QED) is 0.846. The Hall–Kier alpha value is -2.42. The molecule has 5 heteroatoms. The molecule has 0 spiro atoms. The van der Waals surface area contributed by atoms with Crippen molar-refractivity contribution in [2.24, 2.45) is 5.92 Å². The summed E-state index contributed by atoms with van der Waals surface area (Å²) in [6.07, 6.45) is 2.00. The van der Waals surface area contributed by atoms with E-state index in [4.69, 9.17) is 5.26 Å². The third kappa shape index (κ3) is 3.11. The van der Waals surface area contributed by atoms with E-state index < -0.39 is 6.17 Å². The van der Waals surface area contributed by atoms with E-state index in [1.807, 2.05) is 36.4 Å². The van der Waals surface area contributed by atoms with Gasteiger partial charge in [0.15, 0.2) is 6.19 Å². The van der Waals surface area contributed by atoms with E-state index in [2.05, 4.69) is 35.2 Å². The number of nitrogens with one attached hydrogen (secondary N) is 2. The van der Waals surface area contributed by atoms with Gasteiger partial charge >= 0.3 is 0 Å². The molecule has 2 aliphatic heterocycles. The van der Waals surface area contributed by atoms with Crippen LogP contribution in [0.25, 0.3) is 11.1 Å². The molecule has 4 rings (SSSR count). The van der Waals surface area contributed by atoms with Gasteiger partial charge in [-0.25, -0.2) is 9.82 Å². The molecule has 0 radical (unpaired) electrons. The Labute approximate surface area is 147 Å². The first-order valence-corrected chi connectivity index (χ1v) is 8.71. The van der Waals surface area contributed by atoms with Gasteiger partial charge in [-0.1, -0.05) is 48.5 Å². The number of benzene rings is 2. The second-order valence-electron chi connectivity index (χ2n) is 6.82.